The summed E-state index contributed by atoms with van der Waals surface area (Å²) < 4.78 is 5.55. The Hall–Kier alpha value is -1.83. The summed E-state index contributed by atoms with van der Waals surface area (Å²) in [5.74, 6) is 1.19. The molecule has 0 radical (unpaired) electrons. The lowest BCUT2D eigenvalue weighted by atomic mass is 10.0. The van der Waals surface area contributed by atoms with Crippen LogP contribution in [-0.2, 0) is 0 Å². The summed E-state index contributed by atoms with van der Waals surface area (Å²) in [6.07, 6.45) is 6.00. The van der Waals surface area contributed by atoms with Crippen molar-refractivity contribution in [2.24, 2.45) is 0 Å². The minimum atomic E-state index is -0.328. The Balaban J connectivity index is 1.54. The van der Waals surface area contributed by atoms with Gasteiger partial charge in [-0.3, -0.25) is 9.88 Å². The molecule has 0 bridgehead atoms. The topological polar surface area (TPSA) is 78.5 Å². The molecule has 4 rings (SSSR count). The van der Waals surface area contributed by atoms with Crippen LogP contribution in [0.2, 0.25) is 0 Å². The number of pyridine rings is 1. The molecule has 7 nitrogen and oxygen atoms in total. The molecule has 128 valence electrons. The lowest BCUT2D eigenvalue weighted by molar-refractivity contribution is 0.0881. The molecule has 2 aliphatic heterocycles. The molecule has 2 fully saturated rings. The number of piperidine rings is 1. The average Bonchev–Trinajstić information content (AvgIpc) is 3.23. The molecule has 0 saturated carbocycles. The van der Waals surface area contributed by atoms with E-state index in [0.29, 0.717) is 30.7 Å². The molecule has 2 unspecified atom stereocenters. The van der Waals surface area contributed by atoms with Crippen molar-refractivity contribution >= 4 is 0 Å². The van der Waals surface area contributed by atoms with Gasteiger partial charge in [-0.1, -0.05) is 5.16 Å². The number of aliphatic hydroxyl groups excluding tert-OH is 1. The Morgan fingerprint density at radius 3 is 2.71 bits per heavy atom. The zero-order valence-electron chi connectivity index (χ0n) is 13.9. The van der Waals surface area contributed by atoms with E-state index in [4.69, 9.17) is 4.52 Å². The molecule has 0 aliphatic carbocycles. The second-order valence-electron chi connectivity index (χ2n) is 6.83. The van der Waals surface area contributed by atoms with Gasteiger partial charge in [-0.05, 0) is 51.5 Å². The molecule has 2 aliphatic rings. The van der Waals surface area contributed by atoms with E-state index in [1.165, 1.54) is 0 Å². The molecular weight excluding hydrogens is 306 g/mol. The third kappa shape index (κ3) is 3.07. The number of β-amino-alcohol motifs (C(OH)–C–C–N with tert-alkyl or cyclic N) is 1. The standard InChI is InChI=1S/C17H23N5O2/c1-21-8-4-13(5-9-21)22-11-14(23)10-15(22)17-19-16(20-24-17)12-2-6-18-7-3-12/h2-3,6-7,13-15,23H,4-5,8-11H2,1H3. The highest BCUT2D eigenvalue weighted by molar-refractivity contribution is 5.52. The van der Waals surface area contributed by atoms with Crippen LogP contribution in [0, 0.1) is 0 Å². The summed E-state index contributed by atoms with van der Waals surface area (Å²) in [4.78, 5) is 13.3. The van der Waals surface area contributed by atoms with Crippen molar-refractivity contribution in [1.82, 2.24) is 24.9 Å². The Labute approximate surface area is 141 Å². The van der Waals surface area contributed by atoms with Gasteiger partial charge in [0.25, 0.3) is 0 Å². The van der Waals surface area contributed by atoms with Crippen LogP contribution in [0.25, 0.3) is 11.4 Å². The fourth-order valence-electron chi connectivity index (χ4n) is 3.80. The summed E-state index contributed by atoms with van der Waals surface area (Å²) in [5.41, 5.74) is 0.893. The molecule has 0 spiro atoms. The molecule has 2 aromatic rings. The summed E-state index contributed by atoms with van der Waals surface area (Å²) in [7, 11) is 2.16. The SMILES string of the molecule is CN1CCC(N2CC(O)CC2c2nc(-c3ccncc3)no2)CC1. The first-order valence-corrected chi connectivity index (χ1v) is 8.57. The first kappa shape index (κ1) is 15.7. The van der Waals surface area contributed by atoms with E-state index < -0.39 is 0 Å². The maximum absolute atomic E-state index is 10.2. The molecule has 1 N–H and O–H groups in total. The second-order valence-corrected chi connectivity index (χ2v) is 6.83. The van der Waals surface area contributed by atoms with Gasteiger partial charge >= 0.3 is 0 Å². The zero-order chi connectivity index (χ0) is 16.5. The van der Waals surface area contributed by atoms with Crippen molar-refractivity contribution < 1.29 is 9.63 Å². The number of hydrogen-bond donors (Lipinski definition) is 1. The maximum atomic E-state index is 10.2. The Morgan fingerprint density at radius 1 is 1.21 bits per heavy atom. The minimum absolute atomic E-state index is 0.0106. The van der Waals surface area contributed by atoms with E-state index in [-0.39, 0.29) is 12.1 Å². The van der Waals surface area contributed by atoms with Crippen LogP contribution >= 0.6 is 0 Å². The Kier molecular flexibility index (Phi) is 4.30. The van der Waals surface area contributed by atoms with Crippen LogP contribution in [0.1, 0.15) is 31.2 Å². The van der Waals surface area contributed by atoms with Crippen molar-refractivity contribution in [3.63, 3.8) is 0 Å². The van der Waals surface area contributed by atoms with Crippen LogP contribution in [-0.4, -0.2) is 68.9 Å². The smallest absolute Gasteiger partial charge is 0.244 e. The first-order valence-electron chi connectivity index (χ1n) is 8.57. The van der Waals surface area contributed by atoms with Gasteiger partial charge in [-0.2, -0.15) is 4.98 Å². The van der Waals surface area contributed by atoms with E-state index in [1.54, 1.807) is 12.4 Å². The molecule has 4 heterocycles. The monoisotopic (exact) mass is 329 g/mol. The normalized spacial score (nSPS) is 26.9. The summed E-state index contributed by atoms with van der Waals surface area (Å²) in [5, 5.41) is 14.3. The number of likely N-dealkylation sites (tertiary alicyclic amines) is 2. The number of nitrogens with zero attached hydrogens (tertiary/aromatic N) is 5. The fourth-order valence-corrected chi connectivity index (χ4v) is 3.80. The number of aromatic nitrogens is 3. The fraction of sp³-hybridized carbons (Fsp3) is 0.588. The number of hydrogen-bond acceptors (Lipinski definition) is 7. The van der Waals surface area contributed by atoms with Gasteiger partial charge in [0.15, 0.2) is 0 Å². The summed E-state index contributed by atoms with van der Waals surface area (Å²) in [6.45, 7) is 2.87. The molecule has 0 aromatic carbocycles. The summed E-state index contributed by atoms with van der Waals surface area (Å²) in [6, 6.07) is 4.22. The van der Waals surface area contributed by atoms with E-state index in [2.05, 4.69) is 32.0 Å². The van der Waals surface area contributed by atoms with Crippen molar-refractivity contribution in [2.75, 3.05) is 26.7 Å². The second kappa shape index (κ2) is 6.58. The van der Waals surface area contributed by atoms with E-state index in [1.807, 2.05) is 12.1 Å². The molecule has 2 atom stereocenters. The van der Waals surface area contributed by atoms with Crippen molar-refractivity contribution in [2.45, 2.75) is 37.5 Å². The van der Waals surface area contributed by atoms with Crippen molar-refractivity contribution in [3.8, 4) is 11.4 Å². The number of rotatable bonds is 3. The highest BCUT2D eigenvalue weighted by Crippen LogP contribution is 2.36. The minimum Gasteiger partial charge on any atom is -0.392 e. The van der Waals surface area contributed by atoms with E-state index in [9.17, 15) is 5.11 Å². The highest BCUT2D eigenvalue weighted by Gasteiger charge is 2.40. The van der Waals surface area contributed by atoms with Crippen molar-refractivity contribution in [1.29, 1.82) is 0 Å². The Bertz CT molecular complexity index is 669. The molecule has 2 aromatic heterocycles. The third-order valence-electron chi connectivity index (χ3n) is 5.14. The van der Waals surface area contributed by atoms with Gasteiger partial charge in [-0.15, -0.1) is 0 Å². The predicted molar refractivity (Wildman–Crippen MR) is 88.1 cm³/mol. The third-order valence-corrected chi connectivity index (χ3v) is 5.14. The maximum Gasteiger partial charge on any atom is 0.244 e. The quantitative estimate of drug-likeness (QED) is 0.910. The lowest BCUT2D eigenvalue weighted by Crippen LogP contribution is -2.43. The van der Waals surface area contributed by atoms with E-state index in [0.717, 1.165) is 31.5 Å². The van der Waals surface area contributed by atoms with Gasteiger partial charge in [0.1, 0.15) is 0 Å². The van der Waals surface area contributed by atoms with Gasteiger partial charge in [0, 0.05) is 30.5 Å². The van der Waals surface area contributed by atoms with Gasteiger partial charge in [0.05, 0.1) is 12.1 Å². The molecule has 24 heavy (non-hydrogen) atoms. The highest BCUT2D eigenvalue weighted by atomic mass is 16.5. The summed E-state index contributed by atoms with van der Waals surface area (Å²) >= 11 is 0. The predicted octanol–water partition coefficient (Wildman–Crippen LogP) is 1.33. The largest absolute Gasteiger partial charge is 0.392 e. The first-order chi connectivity index (χ1) is 11.7. The molecule has 2 saturated heterocycles. The van der Waals surface area contributed by atoms with Crippen LogP contribution < -0.4 is 0 Å². The van der Waals surface area contributed by atoms with Crippen LogP contribution in [0.4, 0.5) is 0 Å². The zero-order valence-corrected chi connectivity index (χ0v) is 13.9. The van der Waals surface area contributed by atoms with E-state index >= 15 is 0 Å². The molecular formula is C17H23N5O2. The average molecular weight is 329 g/mol. The Morgan fingerprint density at radius 2 is 1.96 bits per heavy atom. The van der Waals surface area contributed by atoms with Crippen LogP contribution in [0.5, 0.6) is 0 Å². The number of aliphatic hydroxyl groups is 1. The van der Waals surface area contributed by atoms with Crippen molar-refractivity contribution in [3.05, 3.63) is 30.4 Å². The van der Waals surface area contributed by atoms with Crippen LogP contribution in [0.15, 0.2) is 29.0 Å². The van der Waals surface area contributed by atoms with Gasteiger partial charge < -0.3 is 14.5 Å². The van der Waals surface area contributed by atoms with Crippen LogP contribution in [0.3, 0.4) is 0 Å². The molecule has 7 heteroatoms. The lowest BCUT2D eigenvalue weighted by Gasteiger charge is -2.37. The molecule has 0 amide bonds. The van der Waals surface area contributed by atoms with Gasteiger partial charge in [0.2, 0.25) is 11.7 Å². The van der Waals surface area contributed by atoms with Gasteiger partial charge in [-0.25, -0.2) is 0 Å².